The Labute approximate surface area is 234 Å². The lowest BCUT2D eigenvalue weighted by Gasteiger charge is -2.41. The zero-order valence-corrected chi connectivity index (χ0v) is 22.9. The first-order chi connectivity index (χ1) is 19.5. The summed E-state index contributed by atoms with van der Waals surface area (Å²) in [5, 5.41) is 21.5. The molecule has 1 amide bonds. The smallest absolute Gasteiger partial charge is 0.407 e. The molecule has 6 rings (SSSR count). The largest absolute Gasteiger partial charge is 0.465 e. The van der Waals surface area contributed by atoms with Gasteiger partial charge in [0, 0.05) is 48.9 Å². The number of likely N-dealkylation sites (tertiary alicyclic amines) is 1. The number of anilines is 2. The van der Waals surface area contributed by atoms with Gasteiger partial charge in [-0.05, 0) is 44.3 Å². The average molecular weight is 542 g/mol. The number of amides is 1. The number of rotatable bonds is 6. The number of piperazine rings is 1. The zero-order valence-electron chi connectivity index (χ0n) is 22.9. The third-order valence-corrected chi connectivity index (χ3v) is 8.56. The van der Waals surface area contributed by atoms with Crippen molar-refractivity contribution in [2.75, 3.05) is 56.2 Å². The van der Waals surface area contributed by atoms with Crippen LogP contribution in [-0.4, -0.2) is 89.4 Å². The van der Waals surface area contributed by atoms with Gasteiger partial charge in [0.1, 0.15) is 12.4 Å². The molecule has 40 heavy (non-hydrogen) atoms. The van der Waals surface area contributed by atoms with E-state index < -0.39 is 12.1 Å². The van der Waals surface area contributed by atoms with Crippen LogP contribution in [0.15, 0.2) is 42.5 Å². The predicted molar refractivity (Wildman–Crippen MR) is 153 cm³/mol. The first kappa shape index (κ1) is 26.1. The van der Waals surface area contributed by atoms with Crippen LogP contribution in [0.1, 0.15) is 30.5 Å². The number of hydrogen-bond donors (Lipinski definition) is 1. The lowest BCUT2D eigenvalue weighted by Crippen LogP contribution is -2.55. The molecule has 0 bridgehead atoms. The third-order valence-electron chi connectivity index (χ3n) is 8.56. The third kappa shape index (κ3) is 5.09. The van der Waals surface area contributed by atoms with Gasteiger partial charge in [0.05, 0.1) is 30.8 Å². The lowest BCUT2D eigenvalue weighted by molar-refractivity contribution is 0.119. The highest BCUT2D eigenvalue weighted by atomic mass is 16.5. The summed E-state index contributed by atoms with van der Waals surface area (Å²) in [7, 11) is 2.12. The molecular formula is C30H35N7O3. The molecule has 3 aliphatic rings. The van der Waals surface area contributed by atoms with E-state index in [-0.39, 0.29) is 6.42 Å². The molecule has 2 atom stereocenters. The van der Waals surface area contributed by atoms with E-state index in [9.17, 15) is 15.2 Å². The molecule has 2 aromatic carbocycles. The molecule has 2 fully saturated rings. The van der Waals surface area contributed by atoms with Gasteiger partial charge in [0.15, 0.2) is 0 Å². The van der Waals surface area contributed by atoms with Crippen LogP contribution in [0.2, 0.25) is 0 Å². The van der Waals surface area contributed by atoms with Gasteiger partial charge < -0.3 is 29.4 Å². The Morgan fingerprint density at radius 1 is 1.07 bits per heavy atom. The lowest BCUT2D eigenvalue weighted by atomic mass is 10.0. The summed E-state index contributed by atoms with van der Waals surface area (Å²) >= 11 is 0. The van der Waals surface area contributed by atoms with Gasteiger partial charge in [-0.1, -0.05) is 36.4 Å². The molecule has 0 radical (unpaired) electrons. The first-order valence-corrected chi connectivity index (χ1v) is 14.1. The maximum Gasteiger partial charge on any atom is 0.407 e. The second-order valence-electron chi connectivity index (χ2n) is 11.0. The van der Waals surface area contributed by atoms with Crippen molar-refractivity contribution in [3.05, 3.63) is 53.7 Å². The van der Waals surface area contributed by atoms with Crippen molar-refractivity contribution < 1.29 is 14.6 Å². The topological polar surface area (TPSA) is 109 Å². The molecule has 1 N–H and O–H groups in total. The fraction of sp³-hybridized carbons (Fsp3) is 0.467. The van der Waals surface area contributed by atoms with Crippen molar-refractivity contribution in [3.8, 4) is 12.1 Å². The van der Waals surface area contributed by atoms with Crippen LogP contribution in [0.5, 0.6) is 6.01 Å². The summed E-state index contributed by atoms with van der Waals surface area (Å²) in [5.74, 6) is 0.810. The zero-order chi connectivity index (χ0) is 27.6. The Hall–Kier alpha value is -4.10. The van der Waals surface area contributed by atoms with Crippen LogP contribution in [-0.2, 0) is 13.0 Å². The maximum absolute atomic E-state index is 11.8. The van der Waals surface area contributed by atoms with Crippen molar-refractivity contribution >= 4 is 28.4 Å². The van der Waals surface area contributed by atoms with Gasteiger partial charge in [-0.2, -0.15) is 15.2 Å². The highest BCUT2D eigenvalue weighted by molar-refractivity contribution is 5.94. The van der Waals surface area contributed by atoms with E-state index in [2.05, 4.69) is 70.3 Å². The van der Waals surface area contributed by atoms with Crippen LogP contribution >= 0.6 is 0 Å². The number of hydrogen-bond acceptors (Lipinski definition) is 8. The number of nitrogens with zero attached hydrogens (tertiary/aromatic N) is 7. The van der Waals surface area contributed by atoms with Crippen LogP contribution in [0, 0.1) is 11.3 Å². The van der Waals surface area contributed by atoms with Gasteiger partial charge >= 0.3 is 12.1 Å². The standard InChI is InChI=1S/C30H35N7O3/c1-34-14-5-8-23(34)20-40-29-32-26-19-35(27-10-4-7-21-6-2-3-9-24(21)27)15-12-25(26)28(33-29)36-16-17-37(30(38)39)22(18-36)11-13-31/h2-4,6-7,9-10,22-23H,5,8,11-12,14-20H2,1H3,(H,38,39)/t22-,23-/m0/s1. The van der Waals surface area contributed by atoms with Gasteiger partial charge in [0.25, 0.3) is 0 Å². The van der Waals surface area contributed by atoms with E-state index in [1.165, 1.54) is 21.4 Å². The van der Waals surface area contributed by atoms with Gasteiger partial charge in [0.2, 0.25) is 0 Å². The fourth-order valence-corrected chi connectivity index (χ4v) is 6.34. The van der Waals surface area contributed by atoms with E-state index in [1.807, 2.05) is 0 Å². The number of likely N-dealkylation sites (N-methyl/N-ethyl adjacent to an activating group) is 1. The Morgan fingerprint density at radius 3 is 2.73 bits per heavy atom. The maximum atomic E-state index is 11.8. The molecule has 0 aliphatic carbocycles. The average Bonchev–Trinajstić information content (AvgIpc) is 3.39. The number of nitriles is 1. The molecule has 4 heterocycles. The minimum Gasteiger partial charge on any atom is -0.465 e. The molecule has 0 saturated carbocycles. The highest BCUT2D eigenvalue weighted by Gasteiger charge is 2.34. The van der Waals surface area contributed by atoms with Crippen LogP contribution < -0.4 is 14.5 Å². The van der Waals surface area contributed by atoms with Crippen LogP contribution in [0.3, 0.4) is 0 Å². The summed E-state index contributed by atoms with van der Waals surface area (Å²) in [6, 6.07) is 17.3. The molecular weight excluding hydrogens is 506 g/mol. The SMILES string of the molecule is CN1CCC[C@H]1COc1nc2c(c(N3CCN(C(=O)O)[C@@H](CC#N)C3)n1)CCN(c1cccc3ccccc13)C2. The molecule has 0 spiro atoms. The molecule has 208 valence electrons. The quantitative estimate of drug-likeness (QED) is 0.499. The van der Waals surface area contributed by atoms with Crippen molar-refractivity contribution in [2.45, 2.75) is 44.3 Å². The number of benzene rings is 2. The van der Waals surface area contributed by atoms with Crippen molar-refractivity contribution in [2.24, 2.45) is 0 Å². The molecule has 0 unspecified atom stereocenters. The van der Waals surface area contributed by atoms with E-state index in [1.54, 1.807) is 0 Å². The van der Waals surface area contributed by atoms with Crippen LogP contribution in [0.4, 0.5) is 16.3 Å². The molecule has 10 heteroatoms. The second-order valence-corrected chi connectivity index (χ2v) is 11.0. The minimum absolute atomic E-state index is 0.141. The number of fused-ring (bicyclic) bond motifs is 2. The molecule has 10 nitrogen and oxygen atoms in total. The number of carbonyl (C=O) groups is 1. The normalized spacial score (nSPS) is 21.4. The highest BCUT2D eigenvalue weighted by Crippen LogP contribution is 2.35. The molecule has 3 aromatic rings. The molecule has 3 aliphatic heterocycles. The summed E-state index contributed by atoms with van der Waals surface area (Å²) in [5.41, 5.74) is 3.21. The number of carboxylic acid groups (broad SMARTS) is 1. The monoisotopic (exact) mass is 541 g/mol. The molecule has 1 aromatic heterocycles. The Bertz CT molecular complexity index is 1440. The Morgan fingerprint density at radius 2 is 1.93 bits per heavy atom. The Kier molecular flexibility index (Phi) is 7.30. The van der Waals surface area contributed by atoms with Crippen molar-refractivity contribution in [1.29, 1.82) is 5.26 Å². The van der Waals surface area contributed by atoms with Gasteiger partial charge in [-0.15, -0.1) is 0 Å². The minimum atomic E-state index is -0.986. The number of aromatic nitrogens is 2. The van der Waals surface area contributed by atoms with E-state index in [0.717, 1.165) is 49.4 Å². The summed E-state index contributed by atoms with van der Waals surface area (Å²) < 4.78 is 6.24. The summed E-state index contributed by atoms with van der Waals surface area (Å²) in [6.07, 6.45) is 2.18. The van der Waals surface area contributed by atoms with E-state index >= 15 is 0 Å². The van der Waals surface area contributed by atoms with Crippen LogP contribution in [0.25, 0.3) is 10.8 Å². The Balaban J connectivity index is 1.33. The predicted octanol–water partition coefficient (Wildman–Crippen LogP) is 3.75. The summed E-state index contributed by atoms with van der Waals surface area (Å²) in [6.45, 7) is 4.31. The number of ether oxygens (including phenoxy) is 1. The van der Waals surface area contributed by atoms with Crippen molar-refractivity contribution in [1.82, 2.24) is 19.8 Å². The first-order valence-electron chi connectivity index (χ1n) is 14.1. The van der Waals surface area contributed by atoms with E-state index in [4.69, 9.17) is 14.7 Å². The molecule has 2 saturated heterocycles. The fourth-order valence-electron chi connectivity index (χ4n) is 6.34. The van der Waals surface area contributed by atoms with Gasteiger partial charge in [-0.3, -0.25) is 0 Å². The summed E-state index contributed by atoms with van der Waals surface area (Å²) in [4.78, 5) is 29.9. The van der Waals surface area contributed by atoms with Gasteiger partial charge in [-0.25, -0.2) is 4.79 Å². The van der Waals surface area contributed by atoms with E-state index in [0.29, 0.717) is 44.8 Å². The van der Waals surface area contributed by atoms with Crippen molar-refractivity contribution in [3.63, 3.8) is 0 Å². The second kappa shape index (κ2) is 11.2.